The molecule has 3 rings (SSSR count). The fourth-order valence-corrected chi connectivity index (χ4v) is 3.61. The molecule has 1 N–H and O–H groups in total. The largest absolute Gasteiger partial charge is 0.317 e. The zero-order valence-electron chi connectivity index (χ0n) is 11.9. The highest BCUT2D eigenvalue weighted by Gasteiger charge is 2.19. The molecule has 1 aliphatic carbocycles. The van der Waals surface area contributed by atoms with E-state index in [-0.39, 0.29) is 0 Å². The van der Waals surface area contributed by atoms with Crippen molar-refractivity contribution in [3.63, 3.8) is 0 Å². The van der Waals surface area contributed by atoms with E-state index in [1.807, 2.05) is 6.33 Å². The third kappa shape index (κ3) is 3.35. The van der Waals surface area contributed by atoms with E-state index in [4.69, 9.17) is 0 Å². The van der Waals surface area contributed by atoms with Crippen LogP contribution >= 0.6 is 0 Å². The van der Waals surface area contributed by atoms with Crippen molar-refractivity contribution in [2.75, 3.05) is 13.1 Å². The lowest BCUT2D eigenvalue weighted by Gasteiger charge is -2.25. The third-order valence-electron chi connectivity index (χ3n) is 4.85. The van der Waals surface area contributed by atoms with Crippen LogP contribution in [-0.4, -0.2) is 27.9 Å². The van der Waals surface area contributed by atoms with Gasteiger partial charge >= 0.3 is 0 Å². The minimum Gasteiger partial charge on any atom is -0.317 e. The van der Waals surface area contributed by atoms with Crippen LogP contribution in [0.25, 0.3) is 0 Å². The molecule has 0 aromatic carbocycles. The van der Waals surface area contributed by atoms with Crippen LogP contribution in [0.4, 0.5) is 0 Å². The molecule has 4 heteroatoms. The monoisotopic (exact) mass is 262 g/mol. The molecule has 0 amide bonds. The van der Waals surface area contributed by atoms with Crippen LogP contribution in [0.5, 0.6) is 0 Å². The highest BCUT2D eigenvalue weighted by molar-refractivity contribution is 4.91. The average molecular weight is 262 g/mol. The molecule has 0 unspecified atom stereocenters. The zero-order valence-corrected chi connectivity index (χ0v) is 11.9. The molecule has 1 aromatic heterocycles. The van der Waals surface area contributed by atoms with Gasteiger partial charge in [0.2, 0.25) is 0 Å². The van der Waals surface area contributed by atoms with E-state index in [9.17, 15) is 0 Å². The number of aromatic nitrogens is 3. The number of piperidine rings is 1. The fourth-order valence-electron chi connectivity index (χ4n) is 3.61. The third-order valence-corrected chi connectivity index (χ3v) is 4.85. The van der Waals surface area contributed by atoms with E-state index in [2.05, 4.69) is 20.1 Å². The normalized spacial score (nSPS) is 22.7. The van der Waals surface area contributed by atoms with Crippen molar-refractivity contribution >= 4 is 0 Å². The molecule has 4 nitrogen and oxygen atoms in total. The predicted molar refractivity (Wildman–Crippen MR) is 76.1 cm³/mol. The van der Waals surface area contributed by atoms with Crippen molar-refractivity contribution in [1.29, 1.82) is 0 Å². The first-order valence-corrected chi connectivity index (χ1v) is 8.02. The van der Waals surface area contributed by atoms with Crippen LogP contribution in [0.3, 0.4) is 0 Å². The number of rotatable bonds is 4. The molecular weight excluding hydrogens is 236 g/mol. The van der Waals surface area contributed by atoms with E-state index in [0.717, 1.165) is 12.3 Å². The van der Waals surface area contributed by atoms with Gasteiger partial charge in [-0.25, -0.2) is 0 Å². The molecule has 0 spiro atoms. The molecule has 1 saturated carbocycles. The Balaban J connectivity index is 1.56. The van der Waals surface area contributed by atoms with Crippen LogP contribution in [-0.2, 0) is 6.42 Å². The van der Waals surface area contributed by atoms with E-state index in [1.54, 1.807) is 0 Å². The zero-order chi connectivity index (χ0) is 12.9. The van der Waals surface area contributed by atoms with Crippen molar-refractivity contribution < 1.29 is 0 Å². The van der Waals surface area contributed by atoms with Gasteiger partial charge in [-0.15, -0.1) is 10.2 Å². The predicted octanol–water partition coefficient (Wildman–Crippen LogP) is 2.72. The van der Waals surface area contributed by atoms with Gasteiger partial charge in [0.05, 0.1) is 0 Å². The fraction of sp³-hybridized carbons (Fsp3) is 0.867. The lowest BCUT2D eigenvalue weighted by molar-refractivity contribution is 0.329. The summed E-state index contributed by atoms with van der Waals surface area (Å²) < 4.78 is 2.38. The lowest BCUT2D eigenvalue weighted by atomic mass is 9.92. The Kier molecular flexibility index (Phi) is 4.49. The summed E-state index contributed by atoms with van der Waals surface area (Å²) in [6, 6.07) is 0.673. The van der Waals surface area contributed by atoms with Crippen LogP contribution in [0.15, 0.2) is 6.33 Å². The van der Waals surface area contributed by atoms with Gasteiger partial charge in [0.15, 0.2) is 0 Å². The maximum atomic E-state index is 4.37. The van der Waals surface area contributed by atoms with Crippen LogP contribution in [0, 0.1) is 5.92 Å². The summed E-state index contributed by atoms with van der Waals surface area (Å²) in [5.41, 5.74) is 0. The quantitative estimate of drug-likeness (QED) is 0.907. The maximum absolute atomic E-state index is 4.37. The summed E-state index contributed by atoms with van der Waals surface area (Å²) in [4.78, 5) is 0. The lowest BCUT2D eigenvalue weighted by Crippen LogP contribution is -2.28. The van der Waals surface area contributed by atoms with Crippen molar-refractivity contribution in [3.05, 3.63) is 12.2 Å². The minimum atomic E-state index is 0.673. The van der Waals surface area contributed by atoms with Crippen molar-refractivity contribution in [2.45, 2.75) is 63.8 Å². The molecule has 1 saturated heterocycles. The Bertz CT molecular complexity index is 375. The van der Waals surface area contributed by atoms with E-state index >= 15 is 0 Å². The van der Waals surface area contributed by atoms with Gasteiger partial charge in [-0.1, -0.05) is 19.3 Å². The molecule has 2 heterocycles. The standard InChI is InChI=1S/C15H26N4/c1-2-4-14(5-3-1)19-12-17-18-15(19)7-6-13-8-10-16-11-9-13/h12-14,16H,1-11H2. The van der Waals surface area contributed by atoms with E-state index < -0.39 is 0 Å². The number of hydrogen-bond donors (Lipinski definition) is 1. The summed E-state index contributed by atoms with van der Waals surface area (Å²) in [7, 11) is 0. The second-order valence-electron chi connectivity index (χ2n) is 6.18. The average Bonchev–Trinajstić information content (AvgIpc) is 2.95. The van der Waals surface area contributed by atoms with Crippen molar-refractivity contribution in [1.82, 2.24) is 20.1 Å². The highest BCUT2D eigenvalue weighted by atomic mass is 15.3. The molecule has 2 fully saturated rings. The molecule has 19 heavy (non-hydrogen) atoms. The van der Waals surface area contributed by atoms with Gasteiger partial charge in [0, 0.05) is 12.5 Å². The summed E-state index contributed by atoms with van der Waals surface area (Å²) in [5.74, 6) is 2.11. The van der Waals surface area contributed by atoms with Gasteiger partial charge in [0.1, 0.15) is 12.2 Å². The molecule has 2 aliphatic rings. The minimum absolute atomic E-state index is 0.673. The number of hydrogen-bond acceptors (Lipinski definition) is 3. The Morgan fingerprint density at radius 3 is 2.68 bits per heavy atom. The number of nitrogens with one attached hydrogen (secondary N) is 1. The van der Waals surface area contributed by atoms with Crippen LogP contribution in [0.1, 0.15) is 63.2 Å². The second-order valence-corrected chi connectivity index (χ2v) is 6.18. The van der Waals surface area contributed by atoms with Gasteiger partial charge < -0.3 is 9.88 Å². The Morgan fingerprint density at radius 1 is 1.11 bits per heavy atom. The Hall–Kier alpha value is -0.900. The topological polar surface area (TPSA) is 42.7 Å². The van der Waals surface area contributed by atoms with Crippen molar-refractivity contribution in [3.8, 4) is 0 Å². The first-order chi connectivity index (χ1) is 9.43. The van der Waals surface area contributed by atoms with E-state index in [1.165, 1.54) is 70.3 Å². The smallest absolute Gasteiger partial charge is 0.133 e. The Labute approximate surface area is 116 Å². The Morgan fingerprint density at radius 2 is 1.89 bits per heavy atom. The number of aryl methyl sites for hydroxylation is 1. The van der Waals surface area contributed by atoms with Gasteiger partial charge in [0.25, 0.3) is 0 Å². The van der Waals surface area contributed by atoms with Crippen molar-refractivity contribution in [2.24, 2.45) is 5.92 Å². The van der Waals surface area contributed by atoms with Crippen LogP contribution in [0.2, 0.25) is 0 Å². The maximum Gasteiger partial charge on any atom is 0.133 e. The molecule has 0 atom stereocenters. The van der Waals surface area contributed by atoms with Gasteiger partial charge in [-0.3, -0.25) is 0 Å². The van der Waals surface area contributed by atoms with Gasteiger partial charge in [-0.2, -0.15) is 0 Å². The molecule has 1 aliphatic heterocycles. The van der Waals surface area contributed by atoms with Gasteiger partial charge in [-0.05, 0) is 51.1 Å². The summed E-state index contributed by atoms with van der Waals surface area (Å²) in [6.07, 6.45) is 13.8. The molecule has 0 radical (unpaired) electrons. The molecule has 1 aromatic rings. The summed E-state index contributed by atoms with van der Waals surface area (Å²) >= 11 is 0. The molecular formula is C15H26N4. The van der Waals surface area contributed by atoms with E-state index in [0.29, 0.717) is 6.04 Å². The van der Waals surface area contributed by atoms with Crippen LogP contribution < -0.4 is 5.32 Å². The first kappa shape index (κ1) is 13.1. The molecule has 106 valence electrons. The molecule has 0 bridgehead atoms. The first-order valence-electron chi connectivity index (χ1n) is 8.02. The highest BCUT2D eigenvalue weighted by Crippen LogP contribution is 2.29. The second kappa shape index (κ2) is 6.51. The SMILES string of the molecule is c1nnc(CCC2CCNCC2)n1C1CCCCC1. The number of nitrogens with zero attached hydrogens (tertiary/aromatic N) is 3. The summed E-state index contributed by atoms with van der Waals surface area (Å²) in [5, 5.41) is 12.0. The summed E-state index contributed by atoms with van der Waals surface area (Å²) in [6.45, 7) is 2.39.